The molecule has 0 aliphatic heterocycles. The molecule has 0 aliphatic rings. The third kappa shape index (κ3) is 4.90. The van der Waals surface area contributed by atoms with Crippen molar-refractivity contribution in [3.63, 3.8) is 0 Å². The molecule has 158 valence electrons. The van der Waals surface area contributed by atoms with Crippen molar-refractivity contribution in [1.82, 2.24) is 15.0 Å². The third-order valence-electron chi connectivity index (χ3n) is 4.21. The molecule has 0 unspecified atom stereocenters. The van der Waals surface area contributed by atoms with Crippen molar-refractivity contribution in [3.05, 3.63) is 79.4 Å². The van der Waals surface area contributed by atoms with Crippen LogP contribution in [0.3, 0.4) is 0 Å². The number of aromatic amines is 1. The van der Waals surface area contributed by atoms with E-state index >= 15 is 0 Å². The summed E-state index contributed by atoms with van der Waals surface area (Å²) in [6.45, 7) is 1.43. The number of halogens is 3. The van der Waals surface area contributed by atoms with E-state index in [-0.39, 0.29) is 34.0 Å². The number of aromatic nitrogens is 3. The van der Waals surface area contributed by atoms with E-state index in [1.165, 1.54) is 18.5 Å². The lowest BCUT2D eigenvalue weighted by Crippen LogP contribution is -2.15. The van der Waals surface area contributed by atoms with Crippen molar-refractivity contribution in [1.29, 1.82) is 0 Å². The van der Waals surface area contributed by atoms with Gasteiger partial charge in [-0.05, 0) is 40.5 Å². The van der Waals surface area contributed by atoms with Crippen molar-refractivity contribution in [3.8, 4) is 5.75 Å². The Balaban J connectivity index is 1.94. The van der Waals surface area contributed by atoms with E-state index < -0.39 is 27.0 Å². The maximum Gasteiger partial charge on any atom is 0.266 e. The van der Waals surface area contributed by atoms with Crippen LogP contribution < -0.4 is 10.3 Å². The number of pyridine rings is 1. The van der Waals surface area contributed by atoms with Crippen LogP contribution >= 0.6 is 15.9 Å². The molecule has 1 aromatic carbocycles. The van der Waals surface area contributed by atoms with Gasteiger partial charge in [-0.1, -0.05) is 0 Å². The molecule has 0 bridgehead atoms. The molecule has 1 N–H and O–H groups in total. The van der Waals surface area contributed by atoms with Gasteiger partial charge in [0, 0.05) is 48.0 Å². The molecular formula is C19H16BrF2N3O4S. The predicted molar refractivity (Wildman–Crippen MR) is 108 cm³/mol. The molecule has 0 saturated heterocycles. The Hall–Kier alpha value is -2.66. The fraction of sp³-hybridized carbons (Fsp3) is 0.211. The number of nitrogens with zero attached hydrogens (tertiary/aromatic N) is 2. The number of rotatable bonds is 6. The highest BCUT2D eigenvalue weighted by Gasteiger charge is 2.18. The van der Waals surface area contributed by atoms with Crippen LogP contribution in [0.1, 0.15) is 22.4 Å². The summed E-state index contributed by atoms with van der Waals surface area (Å²) in [5.74, 6) is -1.28. The van der Waals surface area contributed by atoms with E-state index in [2.05, 4.69) is 30.9 Å². The number of benzene rings is 1. The lowest BCUT2D eigenvalue weighted by molar-refractivity contribution is 0.293. The molecular weight excluding hydrogens is 484 g/mol. The molecule has 0 radical (unpaired) electrons. The monoisotopic (exact) mass is 499 g/mol. The number of hydrogen-bond acceptors (Lipinski definition) is 6. The Labute approximate surface area is 179 Å². The minimum atomic E-state index is -3.53. The molecule has 0 fully saturated rings. The predicted octanol–water partition coefficient (Wildman–Crippen LogP) is 3.09. The average molecular weight is 500 g/mol. The highest BCUT2D eigenvalue weighted by atomic mass is 79.9. The molecule has 11 heteroatoms. The summed E-state index contributed by atoms with van der Waals surface area (Å²) in [7, 11) is -3.53. The summed E-state index contributed by atoms with van der Waals surface area (Å²) in [6, 6.07) is 3.12. The highest BCUT2D eigenvalue weighted by Crippen LogP contribution is 2.30. The number of H-pyrrole nitrogens is 1. The SMILES string of the molecule is Cc1[nH]c(=O)c(Br)c(OCc2ccc(F)cc2F)c1Cc1cnc(S(C)(=O)=O)nc1. The zero-order chi connectivity index (χ0) is 22.1. The largest absolute Gasteiger partial charge is 0.487 e. The van der Waals surface area contributed by atoms with Gasteiger partial charge in [0.05, 0.1) is 0 Å². The molecule has 0 spiro atoms. The van der Waals surface area contributed by atoms with Gasteiger partial charge < -0.3 is 9.72 Å². The fourth-order valence-corrected chi connectivity index (χ4v) is 3.63. The Bertz CT molecular complexity index is 1260. The van der Waals surface area contributed by atoms with Crippen molar-refractivity contribution < 1.29 is 21.9 Å². The van der Waals surface area contributed by atoms with E-state index in [0.717, 1.165) is 18.4 Å². The average Bonchev–Trinajstić information content (AvgIpc) is 2.66. The van der Waals surface area contributed by atoms with Crippen molar-refractivity contribution in [2.45, 2.75) is 25.1 Å². The molecule has 0 saturated carbocycles. The van der Waals surface area contributed by atoms with Gasteiger partial charge in [-0.2, -0.15) is 0 Å². The minimum absolute atomic E-state index is 0.110. The molecule has 2 aromatic heterocycles. The van der Waals surface area contributed by atoms with Gasteiger partial charge in [-0.3, -0.25) is 4.79 Å². The molecule has 0 atom stereocenters. The van der Waals surface area contributed by atoms with Crippen LogP contribution in [0.25, 0.3) is 0 Å². The van der Waals surface area contributed by atoms with Crippen LogP contribution in [-0.2, 0) is 22.9 Å². The summed E-state index contributed by atoms with van der Waals surface area (Å²) in [6.07, 6.45) is 3.95. The van der Waals surface area contributed by atoms with Crippen molar-refractivity contribution >= 4 is 25.8 Å². The standard InChI is InChI=1S/C19H16BrF2N3O4S/c1-10-14(5-11-7-23-19(24-8-11)30(2,27)28)17(16(20)18(26)25-10)29-9-12-3-4-13(21)6-15(12)22/h3-4,6-8H,5,9H2,1-2H3,(H,25,26). The van der Waals surface area contributed by atoms with Crippen molar-refractivity contribution in [2.75, 3.05) is 6.26 Å². The first-order valence-corrected chi connectivity index (χ1v) is 11.2. The van der Waals surface area contributed by atoms with Crippen LogP contribution in [0, 0.1) is 18.6 Å². The van der Waals surface area contributed by atoms with E-state index in [1.54, 1.807) is 6.92 Å². The number of nitrogens with one attached hydrogen (secondary N) is 1. The topological polar surface area (TPSA) is 102 Å². The lowest BCUT2D eigenvalue weighted by atomic mass is 10.1. The Morgan fingerprint density at radius 2 is 1.87 bits per heavy atom. The van der Waals surface area contributed by atoms with Crippen molar-refractivity contribution in [2.24, 2.45) is 0 Å². The van der Waals surface area contributed by atoms with Gasteiger partial charge in [0.25, 0.3) is 5.56 Å². The van der Waals surface area contributed by atoms with Gasteiger partial charge >= 0.3 is 0 Å². The van der Waals surface area contributed by atoms with Gasteiger partial charge in [0.1, 0.15) is 28.5 Å². The number of hydrogen-bond donors (Lipinski definition) is 1. The van der Waals surface area contributed by atoms with Crippen LogP contribution in [0.2, 0.25) is 0 Å². The van der Waals surface area contributed by atoms with E-state index in [0.29, 0.717) is 16.8 Å². The van der Waals surface area contributed by atoms with E-state index in [1.807, 2.05) is 0 Å². The number of aryl methyl sites for hydroxylation is 1. The first-order chi connectivity index (χ1) is 14.1. The lowest BCUT2D eigenvalue weighted by Gasteiger charge is -2.16. The Kier molecular flexibility index (Phi) is 6.32. The number of ether oxygens (including phenoxy) is 1. The maximum absolute atomic E-state index is 13.9. The van der Waals surface area contributed by atoms with Crippen LogP contribution in [-0.4, -0.2) is 29.6 Å². The summed E-state index contributed by atoms with van der Waals surface area (Å²) < 4.78 is 55.9. The van der Waals surface area contributed by atoms with Crippen LogP contribution in [0.4, 0.5) is 8.78 Å². The highest BCUT2D eigenvalue weighted by molar-refractivity contribution is 9.10. The maximum atomic E-state index is 13.9. The Morgan fingerprint density at radius 3 is 2.47 bits per heavy atom. The molecule has 30 heavy (non-hydrogen) atoms. The second kappa shape index (κ2) is 8.60. The normalized spacial score (nSPS) is 11.5. The first kappa shape index (κ1) is 22.0. The second-order valence-electron chi connectivity index (χ2n) is 6.55. The summed E-state index contributed by atoms with van der Waals surface area (Å²) >= 11 is 3.19. The van der Waals surface area contributed by atoms with Crippen LogP contribution in [0.15, 0.2) is 45.0 Å². The molecule has 2 heterocycles. The summed E-state index contributed by atoms with van der Waals surface area (Å²) in [5, 5.41) is -0.297. The summed E-state index contributed by atoms with van der Waals surface area (Å²) in [4.78, 5) is 22.5. The molecule has 0 amide bonds. The van der Waals surface area contributed by atoms with E-state index in [4.69, 9.17) is 4.74 Å². The third-order valence-corrected chi connectivity index (χ3v) is 5.80. The molecule has 0 aliphatic carbocycles. The number of sulfone groups is 1. The van der Waals surface area contributed by atoms with Gasteiger partial charge in [-0.15, -0.1) is 0 Å². The van der Waals surface area contributed by atoms with Gasteiger partial charge in [0.2, 0.25) is 15.0 Å². The minimum Gasteiger partial charge on any atom is -0.487 e. The fourth-order valence-electron chi connectivity index (χ4n) is 2.69. The van der Waals surface area contributed by atoms with Crippen LogP contribution in [0.5, 0.6) is 5.75 Å². The van der Waals surface area contributed by atoms with E-state index in [9.17, 15) is 22.0 Å². The molecule has 3 aromatic rings. The Morgan fingerprint density at radius 1 is 1.20 bits per heavy atom. The summed E-state index contributed by atoms with van der Waals surface area (Å²) in [5.41, 5.74) is 1.33. The molecule has 3 rings (SSSR count). The zero-order valence-electron chi connectivity index (χ0n) is 15.9. The molecule has 7 nitrogen and oxygen atoms in total. The zero-order valence-corrected chi connectivity index (χ0v) is 18.3. The van der Waals surface area contributed by atoms with Gasteiger partial charge in [-0.25, -0.2) is 27.2 Å². The first-order valence-electron chi connectivity index (χ1n) is 8.55. The second-order valence-corrected chi connectivity index (χ2v) is 9.25. The van der Waals surface area contributed by atoms with Gasteiger partial charge in [0.15, 0.2) is 0 Å². The quantitative estimate of drug-likeness (QED) is 0.522. The smallest absolute Gasteiger partial charge is 0.266 e.